The van der Waals surface area contributed by atoms with Crippen LogP contribution >= 0.6 is 0 Å². The van der Waals surface area contributed by atoms with E-state index in [-0.39, 0.29) is 12.2 Å². The maximum Gasteiger partial charge on any atom is 0.162 e. The van der Waals surface area contributed by atoms with Crippen LogP contribution in [0, 0.1) is 0 Å². The molecule has 3 aromatic rings. The molecule has 100 valence electrons. The molecule has 3 nitrogen and oxygen atoms in total. The van der Waals surface area contributed by atoms with Gasteiger partial charge in [0.05, 0.1) is 6.26 Å². The van der Waals surface area contributed by atoms with E-state index < -0.39 is 6.61 Å². The Bertz CT molecular complexity index is 741. The number of ketones is 1. The fraction of sp³-hybridized carbons (Fsp3) is 0.118. The first kappa shape index (κ1) is 12.6. The number of benzene rings is 2. The quantitative estimate of drug-likeness (QED) is 0.789. The van der Waals surface area contributed by atoms with Gasteiger partial charge >= 0.3 is 0 Å². The monoisotopic (exact) mass is 266 g/mol. The third-order valence-electron chi connectivity index (χ3n) is 3.33. The van der Waals surface area contributed by atoms with Crippen molar-refractivity contribution in [2.24, 2.45) is 0 Å². The number of carbonyl (C=O) groups excluding carboxylic acids is 1. The van der Waals surface area contributed by atoms with Crippen LogP contribution in [-0.4, -0.2) is 17.5 Å². The minimum atomic E-state index is -0.442. The van der Waals surface area contributed by atoms with Crippen LogP contribution in [0.2, 0.25) is 0 Å². The molecule has 0 aliphatic rings. The van der Waals surface area contributed by atoms with Gasteiger partial charge in [-0.25, -0.2) is 0 Å². The van der Waals surface area contributed by atoms with E-state index in [2.05, 4.69) is 0 Å². The molecule has 1 N–H and O–H groups in total. The molecule has 3 rings (SSSR count). The zero-order valence-electron chi connectivity index (χ0n) is 10.9. The summed E-state index contributed by atoms with van der Waals surface area (Å²) in [5, 5.41) is 9.86. The Morgan fingerprint density at radius 1 is 1.05 bits per heavy atom. The summed E-state index contributed by atoms with van der Waals surface area (Å²) in [6.07, 6.45) is 1.91. The zero-order chi connectivity index (χ0) is 13.9. The highest BCUT2D eigenvalue weighted by Crippen LogP contribution is 2.32. The van der Waals surface area contributed by atoms with Crippen LogP contribution in [0.1, 0.15) is 5.56 Å². The van der Waals surface area contributed by atoms with Gasteiger partial charge in [-0.05, 0) is 5.56 Å². The van der Waals surface area contributed by atoms with E-state index >= 15 is 0 Å². The molecule has 0 bridgehead atoms. The largest absolute Gasteiger partial charge is 0.463 e. The van der Waals surface area contributed by atoms with Crippen LogP contribution < -0.4 is 0 Å². The summed E-state index contributed by atoms with van der Waals surface area (Å²) in [6.45, 7) is -0.442. The number of para-hydroxylation sites is 1. The van der Waals surface area contributed by atoms with Crippen LogP contribution in [0.4, 0.5) is 0 Å². The van der Waals surface area contributed by atoms with Gasteiger partial charge in [0.1, 0.15) is 12.2 Å². The summed E-state index contributed by atoms with van der Waals surface area (Å²) in [5.74, 6) is -0.213. The first-order valence-corrected chi connectivity index (χ1v) is 6.46. The van der Waals surface area contributed by atoms with Crippen LogP contribution in [0.3, 0.4) is 0 Å². The molecular weight excluding hydrogens is 252 g/mol. The minimum Gasteiger partial charge on any atom is -0.463 e. The summed E-state index contributed by atoms with van der Waals surface area (Å²) in [6, 6.07) is 15.7. The number of aliphatic hydroxyl groups is 1. The molecule has 0 aliphatic carbocycles. The van der Waals surface area contributed by atoms with E-state index in [9.17, 15) is 4.79 Å². The Morgan fingerprint density at radius 3 is 2.60 bits per heavy atom. The van der Waals surface area contributed by atoms with Gasteiger partial charge in [-0.3, -0.25) is 4.79 Å². The molecule has 0 amide bonds. The van der Waals surface area contributed by atoms with Gasteiger partial charge in [-0.1, -0.05) is 48.5 Å². The van der Waals surface area contributed by atoms with E-state index in [0.717, 1.165) is 22.1 Å². The predicted octanol–water partition coefficient (Wildman–Crippen LogP) is 3.20. The Labute approximate surface area is 116 Å². The molecule has 0 saturated heterocycles. The van der Waals surface area contributed by atoms with Crippen molar-refractivity contribution < 1.29 is 14.3 Å². The summed E-state index contributed by atoms with van der Waals surface area (Å²) >= 11 is 0. The highest BCUT2D eigenvalue weighted by Gasteiger charge is 2.13. The number of carbonyl (C=O) groups is 1. The number of Topliss-reactive ketones (excluding diaryl/α,β-unsaturated/α-hetero) is 1. The predicted molar refractivity (Wildman–Crippen MR) is 77.4 cm³/mol. The Kier molecular flexibility index (Phi) is 3.35. The van der Waals surface area contributed by atoms with Crippen molar-refractivity contribution >= 4 is 16.8 Å². The number of hydrogen-bond donors (Lipinski definition) is 1. The maximum atomic E-state index is 11.4. The molecule has 3 heteroatoms. The first-order chi connectivity index (χ1) is 9.79. The molecule has 0 aliphatic heterocycles. The maximum absolute atomic E-state index is 11.4. The zero-order valence-corrected chi connectivity index (χ0v) is 10.9. The van der Waals surface area contributed by atoms with Crippen molar-refractivity contribution in [3.8, 4) is 11.1 Å². The second-order valence-corrected chi connectivity index (χ2v) is 4.68. The highest BCUT2D eigenvalue weighted by atomic mass is 16.3. The third kappa shape index (κ3) is 2.24. The molecule has 0 atom stereocenters. The topological polar surface area (TPSA) is 50.4 Å². The molecule has 2 aromatic carbocycles. The number of hydrogen-bond acceptors (Lipinski definition) is 3. The number of aliphatic hydroxyl groups excluding tert-OH is 1. The Balaban J connectivity index is 2.10. The molecular formula is C17H14O3. The lowest BCUT2D eigenvalue weighted by atomic mass is 10.0. The number of furan rings is 1. The first-order valence-electron chi connectivity index (χ1n) is 6.46. The summed E-state index contributed by atoms with van der Waals surface area (Å²) < 4.78 is 5.65. The van der Waals surface area contributed by atoms with E-state index in [1.807, 2.05) is 48.5 Å². The number of fused-ring (bicyclic) bond motifs is 1. The van der Waals surface area contributed by atoms with Gasteiger partial charge in [0.25, 0.3) is 0 Å². The molecule has 0 spiro atoms. The lowest BCUT2D eigenvalue weighted by molar-refractivity contribution is -0.121. The van der Waals surface area contributed by atoms with Crippen LogP contribution in [0.25, 0.3) is 22.1 Å². The standard InChI is InChI=1S/C17H14O3/c18-10-14(19)9-13-7-4-8-15-16(11-20-17(13)15)12-5-2-1-3-6-12/h1-8,11,18H,9-10H2. The van der Waals surface area contributed by atoms with Gasteiger partial charge in [-0.2, -0.15) is 0 Å². The van der Waals surface area contributed by atoms with E-state index in [0.29, 0.717) is 5.58 Å². The average Bonchev–Trinajstić information content (AvgIpc) is 2.93. The lowest BCUT2D eigenvalue weighted by Gasteiger charge is -2.01. The van der Waals surface area contributed by atoms with Crippen molar-refractivity contribution in [1.82, 2.24) is 0 Å². The summed E-state index contributed by atoms with van der Waals surface area (Å²) in [4.78, 5) is 11.4. The van der Waals surface area contributed by atoms with Gasteiger partial charge in [0.15, 0.2) is 5.78 Å². The van der Waals surface area contributed by atoms with Crippen molar-refractivity contribution in [1.29, 1.82) is 0 Å². The van der Waals surface area contributed by atoms with Gasteiger partial charge in [-0.15, -0.1) is 0 Å². The van der Waals surface area contributed by atoms with Crippen LogP contribution in [0.15, 0.2) is 59.2 Å². The van der Waals surface area contributed by atoms with Gasteiger partial charge < -0.3 is 9.52 Å². The fourth-order valence-corrected chi connectivity index (χ4v) is 2.37. The molecule has 1 aromatic heterocycles. The minimum absolute atomic E-state index is 0.190. The Hall–Kier alpha value is -2.39. The van der Waals surface area contributed by atoms with Crippen LogP contribution in [-0.2, 0) is 11.2 Å². The van der Waals surface area contributed by atoms with Crippen molar-refractivity contribution in [3.63, 3.8) is 0 Å². The fourth-order valence-electron chi connectivity index (χ4n) is 2.37. The molecule has 0 unspecified atom stereocenters. The van der Waals surface area contributed by atoms with E-state index in [4.69, 9.17) is 9.52 Å². The Morgan fingerprint density at radius 2 is 1.85 bits per heavy atom. The van der Waals surface area contributed by atoms with Crippen molar-refractivity contribution in [2.45, 2.75) is 6.42 Å². The van der Waals surface area contributed by atoms with Crippen molar-refractivity contribution in [3.05, 3.63) is 60.4 Å². The van der Waals surface area contributed by atoms with Crippen LogP contribution in [0.5, 0.6) is 0 Å². The molecule has 20 heavy (non-hydrogen) atoms. The number of rotatable bonds is 4. The summed E-state index contributed by atoms with van der Waals surface area (Å²) in [5.41, 5.74) is 3.62. The molecule has 0 fully saturated rings. The molecule has 1 heterocycles. The lowest BCUT2D eigenvalue weighted by Crippen LogP contribution is -2.07. The second kappa shape index (κ2) is 5.31. The van der Waals surface area contributed by atoms with Gasteiger partial charge in [0, 0.05) is 22.9 Å². The van der Waals surface area contributed by atoms with E-state index in [1.54, 1.807) is 6.26 Å². The smallest absolute Gasteiger partial charge is 0.162 e. The van der Waals surface area contributed by atoms with E-state index in [1.165, 1.54) is 0 Å². The van der Waals surface area contributed by atoms with Gasteiger partial charge in [0.2, 0.25) is 0 Å². The van der Waals surface area contributed by atoms with Crippen molar-refractivity contribution in [2.75, 3.05) is 6.61 Å². The summed E-state index contributed by atoms with van der Waals surface area (Å²) in [7, 11) is 0. The molecule has 0 radical (unpaired) electrons. The third-order valence-corrected chi connectivity index (χ3v) is 3.33. The normalized spacial score (nSPS) is 10.8. The SMILES string of the molecule is O=C(CO)Cc1cccc2c(-c3ccccc3)coc12. The average molecular weight is 266 g/mol. The second-order valence-electron chi connectivity index (χ2n) is 4.68. The highest BCUT2D eigenvalue weighted by molar-refractivity contribution is 5.97. The molecule has 0 saturated carbocycles.